The molecule has 0 fully saturated rings. The molecule has 2 amide bonds. The molecule has 0 aromatic heterocycles. The minimum Gasteiger partial charge on any atom is -0.484 e. The summed E-state index contributed by atoms with van der Waals surface area (Å²) in [5.41, 5.74) is 6.96. The normalized spacial score (nSPS) is 10.1. The zero-order valence-corrected chi connectivity index (χ0v) is 12.7. The van der Waals surface area contributed by atoms with Crippen LogP contribution in [0.2, 0.25) is 5.02 Å². The molecular formula is C16H15ClN2O3. The predicted octanol–water partition coefficient (Wildman–Crippen LogP) is 2.76. The maximum absolute atomic E-state index is 11.9. The topological polar surface area (TPSA) is 81.4 Å². The Balaban J connectivity index is 1.92. The number of hydrogen-bond donors (Lipinski definition) is 2. The number of ether oxygens (including phenoxy) is 1. The van der Waals surface area contributed by atoms with Crippen LogP contribution in [0.4, 0.5) is 5.69 Å². The molecular weight excluding hydrogens is 304 g/mol. The molecule has 0 unspecified atom stereocenters. The van der Waals surface area contributed by atoms with Gasteiger partial charge in [-0.1, -0.05) is 17.7 Å². The van der Waals surface area contributed by atoms with Crippen LogP contribution in [-0.2, 0) is 4.79 Å². The molecule has 0 heterocycles. The lowest BCUT2D eigenvalue weighted by molar-refractivity contribution is -0.118. The molecule has 22 heavy (non-hydrogen) atoms. The highest BCUT2D eigenvalue weighted by Crippen LogP contribution is 2.22. The van der Waals surface area contributed by atoms with Gasteiger partial charge in [0.25, 0.3) is 5.91 Å². The molecule has 0 aliphatic heterocycles. The van der Waals surface area contributed by atoms with Crippen LogP contribution in [0.3, 0.4) is 0 Å². The van der Waals surface area contributed by atoms with Crippen LogP contribution < -0.4 is 15.8 Å². The summed E-state index contributed by atoms with van der Waals surface area (Å²) in [4.78, 5) is 22.8. The Labute approximate surface area is 133 Å². The molecule has 0 radical (unpaired) electrons. The number of halogens is 1. The first-order chi connectivity index (χ1) is 10.5. The summed E-state index contributed by atoms with van der Waals surface area (Å²) >= 11 is 5.99. The molecule has 0 aliphatic carbocycles. The summed E-state index contributed by atoms with van der Waals surface area (Å²) in [7, 11) is 0. The average molecular weight is 319 g/mol. The Morgan fingerprint density at radius 1 is 1.18 bits per heavy atom. The summed E-state index contributed by atoms with van der Waals surface area (Å²) < 4.78 is 5.35. The average Bonchev–Trinajstić information content (AvgIpc) is 2.50. The van der Waals surface area contributed by atoms with E-state index in [0.717, 1.165) is 5.56 Å². The summed E-state index contributed by atoms with van der Waals surface area (Å²) in [6.07, 6.45) is 0. The first kappa shape index (κ1) is 15.9. The van der Waals surface area contributed by atoms with Crippen molar-refractivity contribution in [3.8, 4) is 5.75 Å². The van der Waals surface area contributed by atoms with Crippen molar-refractivity contribution < 1.29 is 14.3 Å². The van der Waals surface area contributed by atoms with E-state index in [4.69, 9.17) is 22.1 Å². The molecule has 6 heteroatoms. The number of nitrogens with two attached hydrogens (primary N) is 1. The number of carbonyl (C=O) groups is 2. The van der Waals surface area contributed by atoms with E-state index in [1.165, 1.54) is 12.1 Å². The van der Waals surface area contributed by atoms with Crippen molar-refractivity contribution >= 4 is 29.1 Å². The zero-order valence-electron chi connectivity index (χ0n) is 11.9. The van der Waals surface area contributed by atoms with Crippen molar-refractivity contribution in [3.63, 3.8) is 0 Å². The lowest BCUT2D eigenvalue weighted by atomic mass is 10.2. The molecule has 5 nitrogen and oxygen atoms in total. The van der Waals surface area contributed by atoms with E-state index in [1.54, 1.807) is 30.3 Å². The van der Waals surface area contributed by atoms with Gasteiger partial charge in [-0.15, -0.1) is 0 Å². The van der Waals surface area contributed by atoms with Gasteiger partial charge in [0.15, 0.2) is 6.61 Å². The molecule has 2 rings (SSSR count). The molecule has 0 bridgehead atoms. The maximum atomic E-state index is 11.9. The number of primary amides is 1. The summed E-state index contributed by atoms with van der Waals surface area (Å²) in [5, 5.41) is 3.31. The molecule has 0 saturated carbocycles. The number of anilines is 1. The number of nitrogens with one attached hydrogen (secondary N) is 1. The van der Waals surface area contributed by atoms with Crippen molar-refractivity contribution in [3.05, 3.63) is 58.6 Å². The lowest BCUT2D eigenvalue weighted by Crippen LogP contribution is -2.20. The molecule has 0 saturated heterocycles. The minimum atomic E-state index is -0.513. The van der Waals surface area contributed by atoms with Crippen LogP contribution in [0.1, 0.15) is 15.9 Å². The maximum Gasteiger partial charge on any atom is 0.262 e. The lowest BCUT2D eigenvalue weighted by Gasteiger charge is -2.10. The molecule has 0 aliphatic rings. The Morgan fingerprint density at radius 3 is 2.50 bits per heavy atom. The van der Waals surface area contributed by atoms with Gasteiger partial charge in [-0.3, -0.25) is 9.59 Å². The third-order valence-electron chi connectivity index (χ3n) is 3.05. The van der Waals surface area contributed by atoms with Crippen LogP contribution in [-0.4, -0.2) is 18.4 Å². The van der Waals surface area contributed by atoms with Crippen LogP contribution >= 0.6 is 11.6 Å². The number of hydrogen-bond acceptors (Lipinski definition) is 3. The van der Waals surface area contributed by atoms with E-state index in [9.17, 15) is 9.59 Å². The largest absolute Gasteiger partial charge is 0.484 e. The second kappa shape index (κ2) is 6.95. The highest BCUT2D eigenvalue weighted by atomic mass is 35.5. The molecule has 0 atom stereocenters. The number of benzene rings is 2. The van der Waals surface area contributed by atoms with Gasteiger partial charge in [0, 0.05) is 16.3 Å². The van der Waals surface area contributed by atoms with E-state index in [0.29, 0.717) is 22.0 Å². The Morgan fingerprint density at radius 2 is 1.86 bits per heavy atom. The number of rotatable bonds is 5. The first-order valence-corrected chi connectivity index (χ1v) is 6.93. The van der Waals surface area contributed by atoms with Crippen LogP contribution in [0.5, 0.6) is 5.75 Å². The second-order valence-corrected chi connectivity index (χ2v) is 5.05. The molecule has 114 valence electrons. The molecule has 2 aromatic carbocycles. The van der Waals surface area contributed by atoms with E-state index < -0.39 is 5.91 Å². The van der Waals surface area contributed by atoms with Crippen LogP contribution in [0, 0.1) is 6.92 Å². The van der Waals surface area contributed by atoms with Gasteiger partial charge >= 0.3 is 0 Å². The molecule has 3 N–H and O–H groups in total. The fraction of sp³-hybridized carbons (Fsp3) is 0.125. The fourth-order valence-corrected chi connectivity index (χ4v) is 1.97. The summed E-state index contributed by atoms with van der Waals surface area (Å²) in [6.45, 7) is 1.67. The Hall–Kier alpha value is -2.53. The van der Waals surface area contributed by atoms with Gasteiger partial charge < -0.3 is 15.8 Å². The van der Waals surface area contributed by atoms with E-state index >= 15 is 0 Å². The van der Waals surface area contributed by atoms with Crippen molar-refractivity contribution in [1.29, 1.82) is 0 Å². The Kier molecular flexibility index (Phi) is 5.01. The van der Waals surface area contributed by atoms with Gasteiger partial charge in [-0.05, 0) is 48.9 Å². The van der Waals surface area contributed by atoms with Crippen LogP contribution in [0.25, 0.3) is 0 Å². The first-order valence-electron chi connectivity index (χ1n) is 6.55. The van der Waals surface area contributed by atoms with Crippen molar-refractivity contribution in [2.75, 3.05) is 11.9 Å². The highest BCUT2D eigenvalue weighted by Gasteiger charge is 2.08. The standard InChI is InChI=1S/C16H15ClN2O3/c1-10-13(17)3-2-4-14(10)19-15(20)9-22-12-7-5-11(6-8-12)16(18)21/h2-8H,9H2,1H3,(H2,18,21)(H,19,20). The van der Waals surface area contributed by atoms with Crippen molar-refractivity contribution in [2.45, 2.75) is 6.92 Å². The fourth-order valence-electron chi connectivity index (χ4n) is 1.79. The third-order valence-corrected chi connectivity index (χ3v) is 3.46. The monoisotopic (exact) mass is 318 g/mol. The summed E-state index contributed by atoms with van der Waals surface area (Å²) in [5.74, 6) is -0.340. The zero-order chi connectivity index (χ0) is 16.1. The van der Waals surface area contributed by atoms with Crippen LogP contribution in [0.15, 0.2) is 42.5 Å². The highest BCUT2D eigenvalue weighted by molar-refractivity contribution is 6.31. The van der Waals surface area contributed by atoms with Gasteiger partial charge in [-0.25, -0.2) is 0 Å². The number of carbonyl (C=O) groups excluding carboxylic acids is 2. The van der Waals surface area contributed by atoms with Crippen molar-refractivity contribution in [2.24, 2.45) is 5.73 Å². The molecule has 2 aromatic rings. The van der Waals surface area contributed by atoms with E-state index in [2.05, 4.69) is 5.32 Å². The predicted molar refractivity (Wildman–Crippen MR) is 85.3 cm³/mol. The second-order valence-electron chi connectivity index (χ2n) is 4.64. The van der Waals surface area contributed by atoms with Gasteiger partial charge in [0.05, 0.1) is 0 Å². The molecule has 0 spiro atoms. The van der Waals surface area contributed by atoms with Gasteiger partial charge in [-0.2, -0.15) is 0 Å². The van der Waals surface area contributed by atoms with E-state index in [1.807, 2.05) is 6.92 Å². The third kappa shape index (κ3) is 3.99. The quantitative estimate of drug-likeness (QED) is 0.889. The summed E-state index contributed by atoms with van der Waals surface area (Å²) in [6, 6.07) is 11.5. The van der Waals surface area contributed by atoms with Gasteiger partial charge in [0.1, 0.15) is 5.75 Å². The smallest absolute Gasteiger partial charge is 0.262 e. The SMILES string of the molecule is Cc1c(Cl)cccc1NC(=O)COc1ccc(C(N)=O)cc1. The van der Waals surface area contributed by atoms with Gasteiger partial charge in [0.2, 0.25) is 5.91 Å². The Bertz CT molecular complexity index is 699. The minimum absolute atomic E-state index is 0.151. The number of amides is 2. The van der Waals surface area contributed by atoms with Crippen molar-refractivity contribution in [1.82, 2.24) is 0 Å². The van der Waals surface area contributed by atoms with E-state index in [-0.39, 0.29) is 12.5 Å².